The van der Waals surface area contributed by atoms with E-state index in [0.29, 0.717) is 6.04 Å². The van der Waals surface area contributed by atoms with Gasteiger partial charge in [0.25, 0.3) is 0 Å². The molecule has 2 saturated carbocycles. The average Bonchev–Trinajstić information content (AvgIpc) is 3.09. The van der Waals surface area contributed by atoms with Crippen molar-refractivity contribution >= 4 is 11.3 Å². The summed E-state index contributed by atoms with van der Waals surface area (Å²) in [5, 5.41) is 6.19. The van der Waals surface area contributed by atoms with Crippen molar-refractivity contribution in [2.45, 2.75) is 63.5 Å². The highest BCUT2D eigenvalue weighted by molar-refractivity contribution is 7.10. The normalized spacial score (nSPS) is 24.5. The first-order valence-electron chi connectivity index (χ1n) is 7.23. The Morgan fingerprint density at radius 1 is 1.06 bits per heavy atom. The number of nitrogens with one attached hydrogen (secondary N) is 1. The fourth-order valence-electron chi connectivity index (χ4n) is 3.05. The van der Waals surface area contributed by atoms with Crippen LogP contribution in [0.25, 0.3) is 0 Å². The van der Waals surface area contributed by atoms with Gasteiger partial charge in [-0.05, 0) is 43.0 Å². The molecule has 0 bridgehead atoms. The molecule has 0 amide bonds. The molecular formula is C15H23NS. The molecule has 94 valence electrons. The standard InChI is InChI=1S/C15H23NS/c1-2-4-7-13(6-3-1)16-15(12-9-10-12)14-8-5-11-17-14/h5,8,11-13,15-16H,1-4,6-7,9-10H2. The summed E-state index contributed by atoms with van der Waals surface area (Å²) in [7, 11) is 0. The van der Waals surface area contributed by atoms with Gasteiger partial charge >= 0.3 is 0 Å². The molecular weight excluding hydrogens is 226 g/mol. The predicted molar refractivity (Wildman–Crippen MR) is 74.4 cm³/mol. The van der Waals surface area contributed by atoms with Crippen molar-refractivity contribution in [1.82, 2.24) is 5.32 Å². The molecule has 17 heavy (non-hydrogen) atoms. The lowest BCUT2D eigenvalue weighted by Gasteiger charge is -2.24. The summed E-state index contributed by atoms with van der Waals surface area (Å²) in [4.78, 5) is 1.57. The van der Waals surface area contributed by atoms with Crippen LogP contribution < -0.4 is 5.32 Å². The highest BCUT2D eigenvalue weighted by Gasteiger charge is 2.34. The Balaban J connectivity index is 1.63. The number of thiophene rings is 1. The molecule has 2 fully saturated rings. The minimum Gasteiger partial charge on any atom is -0.306 e. The number of hydrogen-bond donors (Lipinski definition) is 1. The van der Waals surface area contributed by atoms with E-state index in [-0.39, 0.29) is 0 Å². The van der Waals surface area contributed by atoms with Gasteiger partial charge in [0.1, 0.15) is 0 Å². The molecule has 1 unspecified atom stereocenters. The predicted octanol–water partition coefficient (Wildman–Crippen LogP) is 4.51. The Morgan fingerprint density at radius 3 is 2.41 bits per heavy atom. The first-order chi connectivity index (χ1) is 8.43. The zero-order valence-corrected chi connectivity index (χ0v) is 11.3. The third kappa shape index (κ3) is 3.11. The van der Waals surface area contributed by atoms with Crippen LogP contribution in [0.2, 0.25) is 0 Å². The summed E-state index contributed by atoms with van der Waals surface area (Å²) in [6.07, 6.45) is 11.4. The summed E-state index contributed by atoms with van der Waals surface area (Å²) in [5.74, 6) is 0.928. The Bertz CT molecular complexity index is 321. The van der Waals surface area contributed by atoms with Crippen molar-refractivity contribution in [3.8, 4) is 0 Å². The second-order valence-electron chi connectivity index (χ2n) is 5.69. The van der Waals surface area contributed by atoms with Crippen LogP contribution in [-0.4, -0.2) is 6.04 Å². The van der Waals surface area contributed by atoms with E-state index in [1.54, 1.807) is 4.88 Å². The van der Waals surface area contributed by atoms with Crippen molar-refractivity contribution in [2.75, 3.05) is 0 Å². The van der Waals surface area contributed by atoms with Gasteiger partial charge in [-0.2, -0.15) is 0 Å². The minimum atomic E-state index is 0.665. The Hall–Kier alpha value is -0.340. The van der Waals surface area contributed by atoms with Crippen LogP contribution in [0.5, 0.6) is 0 Å². The molecule has 0 radical (unpaired) electrons. The van der Waals surface area contributed by atoms with Crippen LogP contribution in [0.3, 0.4) is 0 Å². The van der Waals surface area contributed by atoms with Crippen LogP contribution >= 0.6 is 11.3 Å². The van der Waals surface area contributed by atoms with Crippen LogP contribution in [0, 0.1) is 5.92 Å². The topological polar surface area (TPSA) is 12.0 Å². The number of rotatable bonds is 4. The summed E-state index contributed by atoms with van der Waals surface area (Å²) in [6.45, 7) is 0. The monoisotopic (exact) mass is 249 g/mol. The van der Waals surface area contributed by atoms with Gasteiger partial charge in [0, 0.05) is 17.0 Å². The van der Waals surface area contributed by atoms with E-state index in [0.717, 1.165) is 12.0 Å². The van der Waals surface area contributed by atoms with Gasteiger partial charge in [0.05, 0.1) is 0 Å². The van der Waals surface area contributed by atoms with E-state index >= 15 is 0 Å². The number of hydrogen-bond acceptors (Lipinski definition) is 2. The molecule has 1 nitrogen and oxygen atoms in total. The van der Waals surface area contributed by atoms with E-state index in [9.17, 15) is 0 Å². The highest BCUT2D eigenvalue weighted by atomic mass is 32.1. The molecule has 1 atom stereocenters. The summed E-state index contributed by atoms with van der Waals surface area (Å²) < 4.78 is 0. The maximum Gasteiger partial charge on any atom is 0.0445 e. The molecule has 1 heterocycles. The van der Waals surface area contributed by atoms with Crippen LogP contribution in [0.1, 0.15) is 62.3 Å². The second-order valence-corrected chi connectivity index (χ2v) is 6.66. The Kier molecular flexibility index (Phi) is 3.82. The lowest BCUT2D eigenvalue weighted by Crippen LogP contribution is -2.33. The largest absolute Gasteiger partial charge is 0.306 e. The van der Waals surface area contributed by atoms with Gasteiger partial charge in [-0.1, -0.05) is 31.7 Å². The molecule has 0 aliphatic heterocycles. The van der Waals surface area contributed by atoms with Crippen molar-refractivity contribution in [3.63, 3.8) is 0 Å². The molecule has 1 aromatic rings. The lowest BCUT2D eigenvalue weighted by atomic mass is 10.0. The molecule has 2 aliphatic carbocycles. The SMILES string of the molecule is c1csc(C(NC2CCCCCC2)C2CC2)c1. The Labute approximate surface area is 109 Å². The van der Waals surface area contributed by atoms with Crippen molar-refractivity contribution in [3.05, 3.63) is 22.4 Å². The first kappa shape index (κ1) is 11.7. The molecule has 0 spiro atoms. The van der Waals surface area contributed by atoms with Crippen molar-refractivity contribution in [1.29, 1.82) is 0 Å². The van der Waals surface area contributed by atoms with Crippen LogP contribution in [0.15, 0.2) is 17.5 Å². The van der Waals surface area contributed by atoms with Crippen LogP contribution in [-0.2, 0) is 0 Å². The van der Waals surface area contributed by atoms with E-state index in [2.05, 4.69) is 22.8 Å². The van der Waals surface area contributed by atoms with E-state index in [1.165, 1.54) is 51.4 Å². The minimum absolute atomic E-state index is 0.665. The van der Waals surface area contributed by atoms with E-state index < -0.39 is 0 Å². The highest BCUT2D eigenvalue weighted by Crippen LogP contribution is 2.43. The van der Waals surface area contributed by atoms with Gasteiger partial charge < -0.3 is 5.32 Å². The maximum absolute atomic E-state index is 3.97. The van der Waals surface area contributed by atoms with Crippen molar-refractivity contribution in [2.24, 2.45) is 5.92 Å². The van der Waals surface area contributed by atoms with Gasteiger partial charge in [-0.15, -0.1) is 11.3 Å². The molecule has 3 rings (SSSR count). The zero-order valence-electron chi connectivity index (χ0n) is 10.5. The quantitative estimate of drug-likeness (QED) is 0.774. The molecule has 2 heteroatoms. The molecule has 0 saturated heterocycles. The molecule has 1 aromatic heterocycles. The first-order valence-corrected chi connectivity index (χ1v) is 8.11. The van der Waals surface area contributed by atoms with Crippen LogP contribution in [0.4, 0.5) is 0 Å². The van der Waals surface area contributed by atoms with Gasteiger partial charge in [0.15, 0.2) is 0 Å². The third-order valence-corrected chi connectivity index (χ3v) is 5.17. The van der Waals surface area contributed by atoms with Crippen molar-refractivity contribution < 1.29 is 0 Å². The summed E-state index contributed by atoms with van der Waals surface area (Å²) >= 11 is 1.93. The van der Waals surface area contributed by atoms with E-state index in [4.69, 9.17) is 0 Å². The van der Waals surface area contributed by atoms with Gasteiger partial charge in [0.2, 0.25) is 0 Å². The second kappa shape index (κ2) is 5.53. The maximum atomic E-state index is 3.97. The molecule has 1 N–H and O–H groups in total. The van der Waals surface area contributed by atoms with E-state index in [1.807, 2.05) is 11.3 Å². The average molecular weight is 249 g/mol. The molecule has 2 aliphatic rings. The fourth-order valence-corrected chi connectivity index (χ4v) is 3.93. The Morgan fingerprint density at radius 2 is 1.82 bits per heavy atom. The fraction of sp³-hybridized carbons (Fsp3) is 0.733. The van der Waals surface area contributed by atoms with Gasteiger partial charge in [-0.3, -0.25) is 0 Å². The zero-order chi connectivity index (χ0) is 11.5. The third-order valence-electron chi connectivity index (χ3n) is 4.21. The summed E-state index contributed by atoms with van der Waals surface area (Å²) in [5.41, 5.74) is 0. The molecule has 0 aromatic carbocycles. The lowest BCUT2D eigenvalue weighted by molar-refractivity contribution is 0.377. The summed E-state index contributed by atoms with van der Waals surface area (Å²) in [6, 6.07) is 5.96. The van der Waals surface area contributed by atoms with Gasteiger partial charge in [-0.25, -0.2) is 0 Å². The smallest absolute Gasteiger partial charge is 0.0445 e.